The van der Waals surface area contributed by atoms with E-state index in [1.54, 1.807) is 19.1 Å². The summed E-state index contributed by atoms with van der Waals surface area (Å²) in [4.78, 5) is 12.3. The number of pyridine rings is 1. The van der Waals surface area contributed by atoms with Gasteiger partial charge in [-0.1, -0.05) is 15.9 Å². The molecular formula is C16H10BrNO2. The summed E-state index contributed by atoms with van der Waals surface area (Å²) in [5.74, 6) is 0.120. The first-order valence-corrected chi connectivity index (χ1v) is 7.05. The Morgan fingerprint density at radius 1 is 1.10 bits per heavy atom. The Balaban J connectivity index is 2.47. The molecule has 0 unspecified atom stereocenters. The van der Waals surface area contributed by atoms with Gasteiger partial charge in [-0.05, 0) is 37.3 Å². The fraction of sp³-hybridized carbons (Fsp3) is 0.0625. The lowest BCUT2D eigenvalue weighted by Gasteiger charge is -2.03. The largest absolute Gasteiger partial charge is 0.508 e. The van der Waals surface area contributed by atoms with Crippen LogP contribution in [0.3, 0.4) is 0 Å². The van der Waals surface area contributed by atoms with Gasteiger partial charge in [-0.3, -0.25) is 4.79 Å². The number of benzene rings is 2. The molecular weight excluding hydrogens is 318 g/mol. The van der Waals surface area contributed by atoms with Crippen LogP contribution in [0.1, 0.15) is 5.56 Å². The van der Waals surface area contributed by atoms with E-state index >= 15 is 0 Å². The van der Waals surface area contributed by atoms with Gasteiger partial charge in [0.1, 0.15) is 5.75 Å². The van der Waals surface area contributed by atoms with E-state index in [0.29, 0.717) is 10.9 Å². The van der Waals surface area contributed by atoms with Gasteiger partial charge in [0.25, 0.3) is 0 Å². The van der Waals surface area contributed by atoms with Crippen molar-refractivity contribution in [3.05, 3.63) is 56.8 Å². The maximum absolute atomic E-state index is 12.3. The van der Waals surface area contributed by atoms with Gasteiger partial charge in [-0.15, -0.1) is 0 Å². The summed E-state index contributed by atoms with van der Waals surface area (Å²) in [7, 11) is 0. The summed E-state index contributed by atoms with van der Waals surface area (Å²) in [5, 5.41) is 12.4. The third-order valence-corrected chi connectivity index (χ3v) is 4.26. The van der Waals surface area contributed by atoms with Gasteiger partial charge >= 0.3 is 0 Å². The van der Waals surface area contributed by atoms with Crippen molar-refractivity contribution in [2.24, 2.45) is 0 Å². The van der Waals surface area contributed by atoms with Crippen molar-refractivity contribution in [1.29, 1.82) is 0 Å². The molecule has 0 atom stereocenters. The molecule has 0 saturated heterocycles. The molecule has 1 N–H and O–H groups in total. The molecule has 2 aromatic carbocycles. The Morgan fingerprint density at radius 2 is 1.85 bits per heavy atom. The molecule has 20 heavy (non-hydrogen) atoms. The number of rotatable bonds is 0. The third-order valence-electron chi connectivity index (χ3n) is 3.77. The number of phenols is 1. The molecule has 0 aliphatic carbocycles. The lowest BCUT2D eigenvalue weighted by atomic mass is 10.1. The molecule has 3 nitrogen and oxygen atoms in total. The standard InChI is InChI=1S/C16H10BrNO2/c1-8-7-18-14-3-2-9(17)4-11(14)12-5-10(19)6-13(15(12)18)16(8)20/h2-7,19H,1H3. The maximum Gasteiger partial charge on any atom is 0.192 e. The summed E-state index contributed by atoms with van der Waals surface area (Å²) in [6.45, 7) is 1.80. The van der Waals surface area contributed by atoms with Gasteiger partial charge in [0.05, 0.1) is 16.4 Å². The number of aryl methyl sites for hydroxylation is 1. The predicted octanol–water partition coefficient (Wildman–Crippen LogP) is 3.82. The van der Waals surface area contributed by atoms with E-state index in [4.69, 9.17) is 0 Å². The van der Waals surface area contributed by atoms with E-state index in [0.717, 1.165) is 26.3 Å². The van der Waals surface area contributed by atoms with Crippen LogP contribution < -0.4 is 5.43 Å². The third kappa shape index (κ3) is 1.37. The van der Waals surface area contributed by atoms with Crippen LogP contribution in [-0.4, -0.2) is 9.51 Å². The predicted molar refractivity (Wildman–Crippen MR) is 84.0 cm³/mol. The number of aromatic nitrogens is 1. The summed E-state index contributed by atoms with van der Waals surface area (Å²) >= 11 is 3.47. The number of hydrogen-bond acceptors (Lipinski definition) is 2. The Labute approximate surface area is 122 Å². The molecule has 0 aliphatic heterocycles. The minimum absolute atomic E-state index is 0.0275. The molecule has 0 aliphatic rings. The first-order chi connectivity index (χ1) is 9.56. The Morgan fingerprint density at radius 3 is 2.65 bits per heavy atom. The van der Waals surface area contributed by atoms with Gasteiger partial charge in [0.15, 0.2) is 5.43 Å². The van der Waals surface area contributed by atoms with Crippen molar-refractivity contribution in [2.75, 3.05) is 0 Å². The maximum atomic E-state index is 12.3. The normalized spacial score (nSPS) is 11.9. The van der Waals surface area contributed by atoms with Crippen molar-refractivity contribution in [3.63, 3.8) is 0 Å². The molecule has 0 saturated carbocycles. The van der Waals surface area contributed by atoms with E-state index < -0.39 is 0 Å². The lowest BCUT2D eigenvalue weighted by molar-refractivity contribution is 0.477. The highest BCUT2D eigenvalue weighted by Crippen LogP contribution is 2.35. The first kappa shape index (κ1) is 11.7. The van der Waals surface area contributed by atoms with Crippen molar-refractivity contribution in [2.45, 2.75) is 6.92 Å². The second-order valence-corrected chi connectivity index (χ2v) is 5.98. The van der Waals surface area contributed by atoms with Crippen LogP contribution in [0.25, 0.3) is 27.2 Å². The molecule has 4 heteroatoms. The molecule has 0 amide bonds. The number of halogens is 1. The Hall–Kier alpha value is -2.07. The average Bonchev–Trinajstić information content (AvgIpc) is 2.70. The van der Waals surface area contributed by atoms with E-state index in [9.17, 15) is 9.90 Å². The fourth-order valence-corrected chi connectivity index (χ4v) is 3.27. The number of fused-ring (bicyclic) bond motifs is 3. The average molecular weight is 328 g/mol. The summed E-state index contributed by atoms with van der Waals surface area (Å²) in [5.41, 5.74) is 2.54. The zero-order valence-electron chi connectivity index (χ0n) is 10.6. The fourth-order valence-electron chi connectivity index (χ4n) is 2.91. The molecule has 4 aromatic rings. The van der Waals surface area contributed by atoms with Crippen molar-refractivity contribution >= 4 is 43.1 Å². The zero-order valence-corrected chi connectivity index (χ0v) is 12.2. The quantitative estimate of drug-likeness (QED) is 0.533. The SMILES string of the molecule is Cc1cn2c3ccc(Br)cc3c3cc(O)cc(c1=O)c32. The first-order valence-electron chi connectivity index (χ1n) is 6.25. The molecule has 0 radical (unpaired) electrons. The van der Waals surface area contributed by atoms with E-state index in [-0.39, 0.29) is 11.2 Å². The molecule has 4 rings (SSSR count). The minimum atomic E-state index is -0.0275. The molecule has 0 spiro atoms. The van der Waals surface area contributed by atoms with Crippen LogP contribution in [0.2, 0.25) is 0 Å². The van der Waals surface area contributed by atoms with Gasteiger partial charge in [-0.2, -0.15) is 0 Å². The van der Waals surface area contributed by atoms with E-state index in [1.165, 1.54) is 0 Å². The van der Waals surface area contributed by atoms with Crippen LogP contribution in [0.5, 0.6) is 5.75 Å². The lowest BCUT2D eigenvalue weighted by Crippen LogP contribution is -2.07. The summed E-state index contributed by atoms with van der Waals surface area (Å²) in [6.07, 6.45) is 1.87. The van der Waals surface area contributed by atoms with Gasteiger partial charge < -0.3 is 9.51 Å². The van der Waals surface area contributed by atoms with Crippen LogP contribution in [0.15, 0.2) is 45.8 Å². The summed E-state index contributed by atoms with van der Waals surface area (Å²) in [6, 6.07) is 9.26. The molecule has 0 fully saturated rings. The molecule has 0 bridgehead atoms. The highest BCUT2D eigenvalue weighted by Gasteiger charge is 2.15. The Kier molecular flexibility index (Phi) is 2.19. The number of phenolic OH excluding ortho intramolecular Hbond substituents is 1. The van der Waals surface area contributed by atoms with E-state index in [1.807, 2.05) is 28.8 Å². The van der Waals surface area contributed by atoms with Crippen LogP contribution in [-0.2, 0) is 0 Å². The van der Waals surface area contributed by atoms with Gasteiger partial charge in [0.2, 0.25) is 0 Å². The van der Waals surface area contributed by atoms with Crippen molar-refractivity contribution < 1.29 is 5.11 Å². The molecule has 98 valence electrons. The number of hydrogen-bond donors (Lipinski definition) is 1. The monoisotopic (exact) mass is 327 g/mol. The molecule has 2 heterocycles. The topological polar surface area (TPSA) is 41.7 Å². The van der Waals surface area contributed by atoms with E-state index in [2.05, 4.69) is 15.9 Å². The zero-order chi connectivity index (χ0) is 14.0. The highest BCUT2D eigenvalue weighted by atomic mass is 79.9. The van der Waals surface area contributed by atoms with Gasteiger partial charge in [0, 0.05) is 27.0 Å². The van der Waals surface area contributed by atoms with Crippen molar-refractivity contribution in [1.82, 2.24) is 4.40 Å². The van der Waals surface area contributed by atoms with Crippen LogP contribution in [0, 0.1) is 6.92 Å². The Bertz CT molecular complexity index is 1050. The van der Waals surface area contributed by atoms with Gasteiger partial charge in [-0.25, -0.2) is 0 Å². The van der Waals surface area contributed by atoms with Crippen LogP contribution >= 0.6 is 15.9 Å². The second-order valence-electron chi connectivity index (χ2n) is 5.06. The van der Waals surface area contributed by atoms with Crippen LogP contribution in [0.4, 0.5) is 0 Å². The van der Waals surface area contributed by atoms with Crippen molar-refractivity contribution in [3.8, 4) is 5.75 Å². The minimum Gasteiger partial charge on any atom is -0.508 e. The summed E-state index contributed by atoms with van der Waals surface area (Å²) < 4.78 is 3.00. The highest BCUT2D eigenvalue weighted by molar-refractivity contribution is 9.10. The second kappa shape index (κ2) is 3.73. The number of nitrogens with zero attached hydrogens (tertiary/aromatic N) is 1. The number of aromatic hydroxyl groups is 1. The smallest absolute Gasteiger partial charge is 0.192 e. The molecule has 2 aromatic heterocycles.